The van der Waals surface area contributed by atoms with Crippen LogP contribution in [0.15, 0.2) is 18.2 Å². The van der Waals surface area contributed by atoms with Crippen LogP contribution in [0.4, 0.5) is 8.78 Å². The van der Waals surface area contributed by atoms with Crippen LogP contribution in [0.5, 0.6) is 0 Å². The van der Waals surface area contributed by atoms with Gasteiger partial charge in [-0.25, -0.2) is 8.78 Å². The Bertz CT molecular complexity index is 423. The molecule has 0 spiro atoms. The second-order valence-electron chi connectivity index (χ2n) is 4.12. The maximum Gasteiger partial charge on any atom is 0.313 e. The lowest BCUT2D eigenvalue weighted by molar-refractivity contribution is -0.143. The average Bonchev–Trinajstić information content (AvgIpc) is 2.29. The first kappa shape index (κ1) is 13.6. The number of carboxylic acid groups (broad SMARTS) is 1. The zero-order valence-corrected chi connectivity index (χ0v) is 9.76. The van der Waals surface area contributed by atoms with Crippen molar-refractivity contribution in [2.45, 2.75) is 18.8 Å². The molecule has 0 aliphatic heterocycles. The Morgan fingerprint density at radius 3 is 2.53 bits per heavy atom. The first-order chi connectivity index (χ1) is 7.91. The average molecular weight is 243 g/mol. The topological polar surface area (TPSA) is 49.3 Å². The van der Waals surface area contributed by atoms with Crippen molar-refractivity contribution in [2.24, 2.45) is 0 Å². The van der Waals surface area contributed by atoms with Gasteiger partial charge in [-0.2, -0.15) is 0 Å². The molecule has 0 amide bonds. The van der Waals surface area contributed by atoms with E-state index in [4.69, 9.17) is 0 Å². The van der Waals surface area contributed by atoms with E-state index in [-0.39, 0.29) is 5.56 Å². The fourth-order valence-corrected chi connectivity index (χ4v) is 1.59. The largest absolute Gasteiger partial charge is 0.481 e. The highest BCUT2D eigenvalue weighted by atomic mass is 19.2. The van der Waals surface area contributed by atoms with E-state index in [0.29, 0.717) is 13.0 Å². The van der Waals surface area contributed by atoms with E-state index in [2.05, 4.69) is 5.32 Å². The molecule has 2 N–H and O–H groups in total. The van der Waals surface area contributed by atoms with Crippen molar-refractivity contribution in [2.75, 3.05) is 13.6 Å². The van der Waals surface area contributed by atoms with E-state index in [1.54, 1.807) is 7.05 Å². The third-order valence-corrected chi connectivity index (χ3v) is 2.90. The van der Waals surface area contributed by atoms with Gasteiger partial charge in [-0.05, 0) is 44.6 Å². The molecule has 0 aliphatic carbocycles. The van der Waals surface area contributed by atoms with Crippen molar-refractivity contribution in [1.29, 1.82) is 0 Å². The summed E-state index contributed by atoms with van der Waals surface area (Å²) < 4.78 is 25.9. The van der Waals surface area contributed by atoms with Gasteiger partial charge < -0.3 is 10.4 Å². The molecule has 1 rings (SSSR count). The molecule has 0 heterocycles. The van der Waals surface area contributed by atoms with Gasteiger partial charge in [-0.3, -0.25) is 4.79 Å². The number of rotatable bonds is 5. The fraction of sp³-hybridized carbons (Fsp3) is 0.417. The minimum atomic E-state index is -1.22. The van der Waals surface area contributed by atoms with Crippen molar-refractivity contribution < 1.29 is 18.7 Å². The van der Waals surface area contributed by atoms with E-state index in [0.717, 1.165) is 12.1 Å². The lowest BCUT2D eigenvalue weighted by Crippen LogP contribution is -2.35. The van der Waals surface area contributed by atoms with E-state index >= 15 is 0 Å². The second-order valence-corrected chi connectivity index (χ2v) is 4.12. The lowest BCUT2D eigenvalue weighted by Gasteiger charge is -2.25. The van der Waals surface area contributed by atoms with Gasteiger partial charge in [-0.1, -0.05) is 6.07 Å². The minimum absolute atomic E-state index is 0.263. The Hall–Kier alpha value is -1.49. The number of carbonyl (C=O) groups is 1. The van der Waals surface area contributed by atoms with Gasteiger partial charge in [0, 0.05) is 0 Å². The van der Waals surface area contributed by atoms with Gasteiger partial charge in [0.2, 0.25) is 0 Å². The first-order valence-corrected chi connectivity index (χ1v) is 5.25. The molecule has 5 heteroatoms. The van der Waals surface area contributed by atoms with Gasteiger partial charge in [-0.15, -0.1) is 0 Å². The fourth-order valence-electron chi connectivity index (χ4n) is 1.59. The van der Waals surface area contributed by atoms with Crippen LogP contribution < -0.4 is 5.32 Å². The summed E-state index contributed by atoms with van der Waals surface area (Å²) >= 11 is 0. The molecular weight excluding hydrogens is 228 g/mol. The highest BCUT2D eigenvalue weighted by Crippen LogP contribution is 2.28. The molecule has 1 unspecified atom stereocenters. The molecule has 1 aromatic rings. The summed E-state index contributed by atoms with van der Waals surface area (Å²) in [4.78, 5) is 11.3. The number of hydrogen-bond donors (Lipinski definition) is 2. The first-order valence-electron chi connectivity index (χ1n) is 5.25. The Morgan fingerprint density at radius 2 is 2.06 bits per heavy atom. The summed E-state index contributed by atoms with van der Waals surface area (Å²) in [6.07, 6.45) is 0.296. The summed E-state index contributed by atoms with van der Waals surface area (Å²) in [7, 11) is 1.70. The molecule has 0 saturated heterocycles. The molecule has 0 radical (unpaired) electrons. The molecule has 3 nitrogen and oxygen atoms in total. The van der Waals surface area contributed by atoms with Gasteiger partial charge in [0.25, 0.3) is 0 Å². The number of hydrogen-bond acceptors (Lipinski definition) is 2. The van der Waals surface area contributed by atoms with Crippen molar-refractivity contribution in [3.8, 4) is 0 Å². The van der Waals surface area contributed by atoms with Crippen LogP contribution in [0.1, 0.15) is 18.9 Å². The van der Waals surface area contributed by atoms with E-state index in [1.165, 1.54) is 13.0 Å². The molecule has 17 heavy (non-hydrogen) atoms. The highest BCUT2D eigenvalue weighted by molar-refractivity contribution is 5.80. The molecule has 1 aromatic carbocycles. The summed E-state index contributed by atoms with van der Waals surface area (Å²) in [5.74, 6) is -3.06. The maximum atomic E-state index is 13.1. The molecule has 94 valence electrons. The van der Waals surface area contributed by atoms with Crippen molar-refractivity contribution >= 4 is 5.97 Å². The zero-order valence-electron chi connectivity index (χ0n) is 9.76. The molecule has 0 bridgehead atoms. The van der Waals surface area contributed by atoms with E-state index in [1.807, 2.05) is 0 Å². The number of halogens is 2. The predicted molar refractivity (Wildman–Crippen MR) is 59.9 cm³/mol. The van der Waals surface area contributed by atoms with Crippen LogP contribution in [-0.4, -0.2) is 24.7 Å². The Morgan fingerprint density at radius 1 is 1.41 bits per heavy atom. The van der Waals surface area contributed by atoms with Crippen molar-refractivity contribution in [3.05, 3.63) is 35.4 Å². The van der Waals surface area contributed by atoms with Gasteiger partial charge in [0.1, 0.15) is 0 Å². The minimum Gasteiger partial charge on any atom is -0.481 e. The van der Waals surface area contributed by atoms with Crippen molar-refractivity contribution in [3.63, 3.8) is 0 Å². The molecule has 1 atom stereocenters. The van der Waals surface area contributed by atoms with Crippen molar-refractivity contribution in [1.82, 2.24) is 5.32 Å². The molecule has 0 aromatic heterocycles. The standard InChI is InChI=1S/C12H15F2NO2/c1-12(11(16)17,5-6-15-2)8-3-4-9(13)10(14)7-8/h3-4,7,15H,5-6H2,1-2H3,(H,16,17). The lowest BCUT2D eigenvalue weighted by atomic mass is 9.79. The van der Waals surface area contributed by atoms with Gasteiger partial charge in [0.15, 0.2) is 11.6 Å². The van der Waals surface area contributed by atoms with Crippen LogP contribution in [-0.2, 0) is 10.2 Å². The second kappa shape index (κ2) is 5.23. The molecule has 0 saturated carbocycles. The third kappa shape index (κ3) is 2.79. The summed E-state index contributed by atoms with van der Waals surface area (Å²) in [5.41, 5.74) is -0.962. The number of nitrogens with one attached hydrogen (secondary N) is 1. The molecule has 0 aliphatic rings. The third-order valence-electron chi connectivity index (χ3n) is 2.90. The number of carboxylic acids is 1. The van der Waals surface area contributed by atoms with Crippen LogP contribution in [0.3, 0.4) is 0 Å². The summed E-state index contributed by atoms with van der Waals surface area (Å²) in [6, 6.07) is 3.20. The van der Waals surface area contributed by atoms with Gasteiger partial charge >= 0.3 is 5.97 Å². The predicted octanol–water partition coefficient (Wildman–Crippen LogP) is 1.92. The van der Waals surface area contributed by atoms with Crippen LogP contribution in [0.2, 0.25) is 0 Å². The quantitative estimate of drug-likeness (QED) is 0.830. The highest BCUT2D eigenvalue weighted by Gasteiger charge is 2.35. The van der Waals surface area contributed by atoms with Crippen LogP contribution in [0.25, 0.3) is 0 Å². The number of aliphatic carboxylic acids is 1. The SMILES string of the molecule is CNCCC(C)(C(=O)O)c1ccc(F)c(F)c1. The Labute approximate surface area is 98.5 Å². The Kier molecular flexibility index (Phi) is 4.17. The smallest absolute Gasteiger partial charge is 0.313 e. The molecular formula is C12H15F2NO2. The Balaban J connectivity index is 3.13. The normalized spacial score (nSPS) is 14.4. The van der Waals surface area contributed by atoms with Crippen LogP contribution >= 0.6 is 0 Å². The monoisotopic (exact) mass is 243 g/mol. The van der Waals surface area contributed by atoms with Gasteiger partial charge in [0.05, 0.1) is 5.41 Å². The van der Waals surface area contributed by atoms with E-state index in [9.17, 15) is 18.7 Å². The number of benzene rings is 1. The summed E-state index contributed by atoms with van der Waals surface area (Å²) in [6.45, 7) is 1.97. The van der Waals surface area contributed by atoms with E-state index < -0.39 is 23.0 Å². The van der Waals surface area contributed by atoms with Crippen LogP contribution in [0, 0.1) is 11.6 Å². The zero-order chi connectivity index (χ0) is 13.1. The maximum absolute atomic E-state index is 13.1. The molecule has 0 fully saturated rings. The summed E-state index contributed by atoms with van der Waals surface area (Å²) in [5, 5.41) is 12.1.